The van der Waals surface area contributed by atoms with Crippen molar-refractivity contribution in [2.24, 2.45) is 0 Å². The molecule has 0 saturated heterocycles. The Balaban J connectivity index is 0.00000729. The first-order valence-corrected chi connectivity index (χ1v) is 11.7. The minimum atomic E-state index is 0. The third-order valence-electron chi connectivity index (χ3n) is 5.71. The second-order valence-corrected chi connectivity index (χ2v) is 9.16. The minimum Gasteiger partial charge on any atom is -1.00 e. The van der Waals surface area contributed by atoms with Crippen molar-refractivity contribution in [2.45, 2.75) is 103 Å². The molecule has 0 spiro atoms. The summed E-state index contributed by atoms with van der Waals surface area (Å²) in [5, 5.41) is 0. The van der Waals surface area contributed by atoms with Crippen molar-refractivity contribution in [1.82, 2.24) is 0 Å². The number of benzene rings is 1. The number of halogens is 1. The number of hydrogen-bond acceptors (Lipinski definition) is 1. The largest absolute Gasteiger partial charge is 1.00 e. The van der Waals surface area contributed by atoms with E-state index in [1.54, 1.807) is 0 Å². The monoisotopic (exact) mass is 410 g/mol. The molecular weight excluding hydrogens is 364 g/mol. The fourth-order valence-electron chi connectivity index (χ4n) is 3.93. The number of nitrogens with two attached hydrogens (primary N) is 1. The number of rotatable bonds is 17. The van der Waals surface area contributed by atoms with Crippen LogP contribution in [0.15, 0.2) is 24.3 Å². The Labute approximate surface area is 182 Å². The molecule has 0 fully saturated rings. The highest BCUT2D eigenvalue weighted by atomic mass is 35.5. The van der Waals surface area contributed by atoms with Crippen LogP contribution in [0, 0.1) is 0 Å². The summed E-state index contributed by atoms with van der Waals surface area (Å²) < 4.78 is 1.07. The number of anilines is 1. The summed E-state index contributed by atoms with van der Waals surface area (Å²) in [5.41, 5.74) is 8.03. The summed E-state index contributed by atoms with van der Waals surface area (Å²) in [6, 6.07) is 8.37. The van der Waals surface area contributed by atoms with Gasteiger partial charge in [-0.05, 0) is 25.0 Å². The van der Waals surface area contributed by atoms with Gasteiger partial charge in [0.1, 0.15) is 6.54 Å². The van der Waals surface area contributed by atoms with Crippen LogP contribution in [0.4, 0.5) is 5.69 Å². The van der Waals surface area contributed by atoms with Crippen molar-refractivity contribution in [3.63, 3.8) is 0 Å². The maximum atomic E-state index is 5.78. The van der Waals surface area contributed by atoms with E-state index in [0.717, 1.165) is 16.7 Å². The third-order valence-corrected chi connectivity index (χ3v) is 5.71. The predicted octanol–water partition coefficient (Wildman–Crippen LogP) is 4.33. The second-order valence-electron chi connectivity index (χ2n) is 9.16. The summed E-state index contributed by atoms with van der Waals surface area (Å²) in [7, 11) is 4.69. The Bertz CT molecular complexity index is 456. The van der Waals surface area contributed by atoms with E-state index in [-0.39, 0.29) is 12.4 Å². The fourth-order valence-corrected chi connectivity index (χ4v) is 3.93. The lowest BCUT2D eigenvalue weighted by Gasteiger charge is -2.30. The third kappa shape index (κ3) is 15.2. The molecule has 0 atom stereocenters. The highest BCUT2D eigenvalue weighted by Crippen LogP contribution is 2.15. The van der Waals surface area contributed by atoms with Gasteiger partial charge in [-0.15, -0.1) is 0 Å². The van der Waals surface area contributed by atoms with Crippen molar-refractivity contribution in [3.05, 3.63) is 29.8 Å². The van der Waals surface area contributed by atoms with E-state index < -0.39 is 0 Å². The van der Waals surface area contributed by atoms with Gasteiger partial charge in [0.05, 0.1) is 20.6 Å². The van der Waals surface area contributed by atoms with Crippen LogP contribution in [0.1, 0.15) is 102 Å². The molecule has 0 aromatic heterocycles. The average molecular weight is 411 g/mol. The maximum absolute atomic E-state index is 5.78. The van der Waals surface area contributed by atoms with Crippen molar-refractivity contribution < 1.29 is 16.9 Å². The van der Waals surface area contributed by atoms with Gasteiger partial charge >= 0.3 is 0 Å². The summed E-state index contributed by atoms with van der Waals surface area (Å²) in [5.74, 6) is 0. The minimum absolute atomic E-state index is 0. The normalized spacial score (nSPS) is 11.4. The molecule has 0 saturated carbocycles. The first-order chi connectivity index (χ1) is 13.0. The molecule has 0 radical (unpaired) electrons. The van der Waals surface area contributed by atoms with E-state index in [4.69, 9.17) is 5.73 Å². The zero-order valence-electron chi connectivity index (χ0n) is 19.0. The second kappa shape index (κ2) is 17.2. The molecule has 0 aliphatic heterocycles. The smallest absolute Gasteiger partial charge is 0.104 e. The SMILES string of the molecule is CCCCCCCCCCCCCCCC[N+](C)(C)Cc1ccc(N)cc1.[Cl-]. The molecule has 0 aliphatic carbocycles. The first-order valence-electron chi connectivity index (χ1n) is 11.7. The highest BCUT2D eigenvalue weighted by Gasteiger charge is 2.15. The Hall–Kier alpha value is -0.730. The summed E-state index contributed by atoms with van der Waals surface area (Å²) in [4.78, 5) is 0. The lowest BCUT2D eigenvalue weighted by atomic mass is 10.0. The van der Waals surface area contributed by atoms with Gasteiger partial charge in [-0.3, -0.25) is 0 Å². The van der Waals surface area contributed by atoms with Gasteiger partial charge in [0.2, 0.25) is 0 Å². The molecule has 0 heterocycles. The number of hydrogen-bond donors (Lipinski definition) is 1. The Kier molecular flexibility index (Phi) is 16.7. The zero-order chi connectivity index (χ0) is 19.8. The molecule has 0 amide bonds. The molecule has 2 N–H and O–H groups in total. The molecule has 28 heavy (non-hydrogen) atoms. The van der Waals surface area contributed by atoms with Gasteiger partial charge in [-0.1, -0.05) is 96.1 Å². The highest BCUT2D eigenvalue weighted by molar-refractivity contribution is 5.39. The number of nitrogens with zero attached hydrogens (tertiary/aromatic N) is 1. The molecule has 1 rings (SSSR count). The van der Waals surface area contributed by atoms with Gasteiger partial charge in [-0.25, -0.2) is 0 Å². The summed E-state index contributed by atoms with van der Waals surface area (Å²) in [6.45, 7) is 4.66. The van der Waals surface area contributed by atoms with Crippen LogP contribution in [-0.2, 0) is 6.54 Å². The maximum Gasteiger partial charge on any atom is 0.104 e. The van der Waals surface area contributed by atoms with Gasteiger partial charge < -0.3 is 22.6 Å². The van der Waals surface area contributed by atoms with Crippen molar-refractivity contribution >= 4 is 5.69 Å². The summed E-state index contributed by atoms with van der Waals surface area (Å²) in [6.07, 6.45) is 20.0. The summed E-state index contributed by atoms with van der Waals surface area (Å²) >= 11 is 0. The first kappa shape index (κ1) is 27.3. The topological polar surface area (TPSA) is 26.0 Å². The van der Waals surface area contributed by atoms with Crippen LogP contribution < -0.4 is 18.1 Å². The van der Waals surface area contributed by atoms with Gasteiger partial charge in [-0.2, -0.15) is 0 Å². The number of quaternary nitrogens is 1. The van der Waals surface area contributed by atoms with Gasteiger partial charge in [0.25, 0.3) is 0 Å². The van der Waals surface area contributed by atoms with Crippen molar-refractivity contribution in [1.29, 1.82) is 0 Å². The quantitative estimate of drug-likeness (QED) is 0.231. The van der Waals surface area contributed by atoms with E-state index in [1.165, 1.54) is 102 Å². The molecule has 3 heteroatoms. The molecule has 2 nitrogen and oxygen atoms in total. The van der Waals surface area contributed by atoms with Crippen LogP contribution in [0.3, 0.4) is 0 Å². The predicted molar refractivity (Wildman–Crippen MR) is 122 cm³/mol. The molecule has 0 unspecified atom stereocenters. The standard InChI is InChI=1S/C25H47N2.ClH/c1-4-5-6-7-8-9-10-11-12-13-14-15-16-17-22-27(2,3)23-24-18-20-25(26)21-19-24;/h18-21H,4-17,22-23,26H2,1-3H3;1H/q+1;/p-1. The number of unbranched alkanes of at least 4 members (excludes halogenated alkanes) is 13. The molecular formula is C25H47ClN2. The molecule has 164 valence electrons. The van der Waals surface area contributed by atoms with Crippen LogP contribution in [0.2, 0.25) is 0 Å². The zero-order valence-corrected chi connectivity index (χ0v) is 19.8. The van der Waals surface area contributed by atoms with Crippen molar-refractivity contribution in [3.8, 4) is 0 Å². The fraction of sp³-hybridized carbons (Fsp3) is 0.760. The molecule has 1 aromatic rings. The Morgan fingerprint density at radius 2 is 1.04 bits per heavy atom. The molecule has 0 aliphatic rings. The van der Waals surface area contributed by atoms with E-state index in [1.807, 2.05) is 12.1 Å². The van der Waals surface area contributed by atoms with Crippen LogP contribution >= 0.6 is 0 Å². The van der Waals surface area contributed by atoms with Crippen molar-refractivity contribution in [2.75, 3.05) is 26.4 Å². The van der Waals surface area contributed by atoms with Crippen LogP contribution in [0.5, 0.6) is 0 Å². The lowest BCUT2D eigenvalue weighted by Crippen LogP contribution is -3.00. The average Bonchev–Trinajstić information content (AvgIpc) is 2.63. The van der Waals surface area contributed by atoms with Crippen LogP contribution in [-0.4, -0.2) is 25.1 Å². The molecule has 1 aromatic carbocycles. The van der Waals surface area contributed by atoms with E-state index in [9.17, 15) is 0 Å². The Morgan fingerprint density at radius 1 is 0.643 bits per heavy atom. The molecule has 0 bridgehead atoms. The van der Waals surface area contributed by atoms with E-state index in [0.29, 0.717) is 0 Å². The van der Waals surface area contributed by atoms with E-state index in [2.05, 4.69) is 33.2 Å². The number of nitrogen functional groups attached to an aromatic ring is 1. The van der Waals surface area contributed by atoms with Gasteiger partial charge in [0.15, 0.2) is 0 Å². The van der Waals surface area contributed by atoms with Gasteiger partial charge in [0, 0.05) is 11.3 Å². The Morgan fingerprint density at radius 3 is 1.46 bits per heavy atom. The van der Waals surface area contributed by atoms with E-state index >= 15 is 0 Å². The van der Waals surface area contributed by atoms with Crippen LogP contribution in [0.25, 0.3) is 0 Å². The lowest BCUT2D eigenvalue weighted by molar-refractivity contribution is -0.903.